The molecule has 10 nitrogen and oxygen atoms in total. The highest BCUT2D eigenvalue weighted by Crippen LogP contribution is 2.24. The molecule has 0 bridgehead atoms. The van der Waals surface area contributed by atoms with E-state index >= 15 is 0 Å². The molecule has 2 aromatic carbocycles. The second-order valence-corrected chi connectivity index (χ2v) is 5.90. The predicted molar refractivity (Wildman–Crippen MR) is 103 cm³/mol. The van der Waals surface area contributed by atoms with E-state index in [1.807, 2.05) is 0 Å². The lowest BCUT2D eigenvalue weighted by Gasteiger charge is -2.00. The van der Waals surface area contributed by atoms with Gasteiger partial charge in [-0.05, 0) is 29.8 Å². The van der Waals surface area contributed by atoms with Crippen LogP contribution in [0.2, 0.25) is 0 Å². The Kier molecular flexibility index (Phi) is 5.74. The average Bonchev–Trinajstić information content (AvgIpc) is 3.17. The van der Waals surface area contributed by atoms with Crippen molar-refractivity contribution in [2.45, 2.75) is 6.42 Å². The first-order valence-corrected chi connectivity index (χ1v) is 8.32. The first-order valence-electron chi connectivity index (χ1n) is 8.32. The number of benzene rings is 2. The molecule has 3 aromatic rings. The zero-order valence-electron chi connectivity index (χ0n) is 14.8. The largest absolute Gasteiger partial charge is 0.455 e. The van der Waals surface area contributed by atoms with Crippen LogP contribution in [0.4, 0.5) is 11.4 Å². The first-order chi connectivity index (χ1) is 13.9. The van der Waals surface area contributed by atoms with Crippen molar-refractivity contribution in [3.05, 3.63) is 92.2 Å². The minimum Gasteiger partial charge on any atom is -0.455 e. The number of non-ortho nitro benzene ring substituents is 2. The number of rotatable bonds is 7. The molecule has 0 aliphatic heterocycles. The maximum atomic E-state index is 11.9. The minimum absolute atomic E-state index is 0.0154. The van der Waals surface area contributed by atoms with Gasteiger partial charge in [-0.3, -0.25) is 25.0 Å². The summed E-state index contributed by atoms with van der Waals surface area (Å²) in [6, 6.07) is 14.9. The number of carbonyl (C=O) groups excluding carboxylic acids is 1. The molecule has 29 heavy (non-hydrogen) atoms. The van der Waals surface area contributed by atoms with Crippen molar-refractivity contribution in [1.29, 1.82) is 0 Å². The van der Waals surface area contributed by atoms with Gasteiger partial charge in [-0.25, -0.2) is 5.43 Å². The Morgan fingerprint density at radius 3 is 2.10 bits per heavy atom. The fourth-order valence-electron chi connectivity index (χ4n) is 2.45. The quantitative estimate of drug-likeness (QED) is 0.369. The van der Waals surface area contributed by atoms with E-state index in [1.165, 1.54) is 42.6 Å². The molecule has 0 radical (unpaired) electrons. The van der Waals surface area contributed by atoms with Crippen LogP contribution in [0.5, 0.6) is 0 Å². The highest BCUT2D eigenvalue weighted by atomic mass is 16.6. The lowest BCUT2D eigenvalue weighted by Crippen LogP contribution is -2.19. The Hall–Kier alpha value is -4.34. The molecule has 0 fully saturated rings. The molecule has 0 saturated carbocycles. The molecule has 0 spiro atoms. The number of nitro groups is 2. The number of hydrogen-bond acceptors (Lipinski definition) is 7. The van der Waals surface area contributed by atoms with E-state index in [0.717, 1.165) is 0 Å². The molecular formula is C19H14N4O6. The van der Waals surface area contributed by atoms with E-state index < -0.39 is 15.8 Å². The second kappa shape index (κ2) is 8.57. The number of hydrazone groups is 1. The molecule has 0 aliphatic carbocycles. The Morgan fingerprint density at radius 2 is 1.52 bits per heavy atom. The Bertz CT molecular complexity index is 1070. The summed E-state index contributed by atoms with van der Waals surface area (Å²) < 4.78 is 5.57. The Morgan fingerprint density at radius 1 is 0.931 bits per heavy atom. The molecule has 146 valence electrons. The van der Waals surface area contributed by atoms with Gasteiger partial charge in [0.1, 0.15) is 11.5 Å². The van der Waals surface area contributed by atoms with E-state index in [1.54, 1.807) is 24.3 Å². The minimum atomic E-state index is -0.511. The third-order valence-electron chi connectivity index (χ3n) is 3.88. The fourth-order valence-corrected chi connectivity index (χ4v) is 2.45. The number of amides is 1. The van der Waals surface area contributed by atoms with Crippen molar-refractivity contribution in [3.8, 4) is 11.3 Å². The molecule has 1 amide bonds. The van der Waals surface area contributed by atoms with E-state index in [4.69, 9.17) is 4.42 Å². The molecule has 10 heteroatoms. The monoisotopic (exact) mass is 394 g/mol. The average molecular weight is 394 g/mol. The van der Waals surface area contributed by atoms with Crippen LogP contribution in [0.25, 0.3) is 11.3 Å². The van der Waals surface area contributed by atoms with Crippen LogP contribution in [0.3, 0.4) is 0 Å². The zero-order chi connectivity index (χ0) is 20.8. The van der Waals surface area contributed by atoms with Crippen LogP contribution >= 0.6 is 0 Å². The molecule has 1 aromatic heterocycles. The normalized spacial score (nSPS) is 10.8. The molecule has 0 unspecified atom stereocenters. The second-order valence-electron chi connectivity index (χ2n) is 5.90. The van der Waals surface area contributed by atoms with Gasteiger partial charge in [-0.2, -0.15) is 5.10 Å². The smallest absolute Gasteiger partial charge is 0.269 e. The summed E-state index contributed by atoms with van der Waals surface area (Å²) in [5, 5.41) is 25.1. The topological polar surface area (TPSA) is 141 Å². The standard InChI is InChI=1S/C19H14N4O6/c24-19(11-13-1-5-15(6-2-13)22(25)26)21-20-12-17-9-10-18(29-17)14-3-7-16(8-4-14)23(27)28/h1-10,12H,11H2,(H,21,24)/b20-12-. The predicted octanol–water partition coefficient (Wildman–Crippen LogP) is 3.46. The maximum absolute atomic E-state index is 11.9. The summed E-state index contributed by atoms with van der Waals surface area (Å²) in [4.78, 5) is 32.2. The third kappa shape index (κ3) is 5.10. The highest BCUT2D eigenvalue weighted by Gasteiger charge is 2.09. The van der Waals surface area contributed by atoms with E-state index in [2.05, 4.69) is 10.5 Å². The molecule has 1 N–H and O–H groups in total. The van der Waals surface area contributed by atoms with Gasteiger partial charge in [0.2, 0.25) is 5.91 Å². The number of nitrogens with zero attached hydrogens (tertiary/aromatic N) is 3. The maximum Gasteiger partial charge on any atom is 0.269 e. The molecule has 0 saturated heterocycles. The molecule has 0 atom stereocenters. The number of furan rings is 1. The fraction of sp³-hybridized carbons (Fsp3) is 0.0526. The van der Waals surface area contributed by atoms with Gasteiger partial charge < -0.3 is 4.42 Å². The molecule has 0 aliphatic rings. The van der Waals surface area contributed by atoms with Gasteiger partial charge in [-0.1, -0.05) is 12.1 Å². The summed E-state index contributed by atoms with van der Waals surface area (Å²) in [5.74, 6) is 0.491. The van der Waals surface area contributed by atoms with Crippen molar-refractivity contribution >= 4 is 23.5 Å². The van der Waals surface area contributed by atoms with E-state index in [0.29, 0.717) is 22.6 Å². The van der Waals surface area contributed by atoms with E-state index in [9.17, 15) is 25.0 Å². The number of nitro benzene ring substituents is 2. The van der Waals surface area contributed by atoms with Crippen LogP contribution in [-0.2, 0) is 11.2 Å². The molecule has 3 rings (SSSR count). The van der Waals surface area contributed by atoms with Gasteiger partial charge in [0.25, 0.3) is 11.4 Å². The lowest BCUT2D eigenvalue weighted by molar-refractivity contribution is -0.385. The van der Waals surface area contributed by atoms with Gasteiger partial charge in [-0.15, -0.1) is 0 Å². The van der Waals surface area contributed by atoms with Gasteiger partial charge >= 0.3 is 0 Å². The van der Waals surface area contributed by atoms with Crippen molar-refractivity contribution in [2.75, 3.05) is 0 Å². The van der Waals surface area contributed by atoms with Crippen molar-refractivity contribution in [2.24, 2.45) is 5.10 Å². The van der Waals surface area contributed by atoms with Crippen LogP contribution in [0.15, 0.2) is 70.2 Å². The number of hydrogen-bond donors (Lipinski definition) is 1. The van der Waals surface area contributed by atoms with Gasteiger partial charge in [0.05, 0.1) is 22.5 Å². The van der Waals surface area contributed by atoms with Crippen LogP contribution < -0.4 is 5.43 Å². The lowest BCUT2D eigenvalue weighted by atomic mass is 10.1. The summed E-state index contributed by atoms with van der Waals surface area (Å²) in [6.07, 6.45) is 1.34. The summed E-state index contributed by atoms with van der Waals surface area (Å²) in [6.45, 7) is 0. The Labute approximate surface area is 163 Å². The highest BCUT2D eigenvalue weighted by molar-refractivity contribution is 5.82. The van der Waals surface area contributed by atoms with Crippen molar-refractivity contribution < 1.29 is 19.1 Å². The van der Waals surface area contributed by atoms with Gasteiger partial charge in [0.15, 0.2) is 0 Å². The third-order valence-corrected chi connectivity index (χ3v) is 3.88. The van der Waals surface area contributed by atoms with Crippen LogP contribution in [-0.4, -0.2) is 22.0 Å². The number of carbonyl (C=O) groups is 1. The van der Waals surface area contributed by atoms with E-state index in [-0.39, 0.29) is 17.8 Å². The summed E-state index contributed by atoms with van der Waals surface area (Å²) >= 11 is 0. The molecular weight excluding hydrogens is 380 g/mol. The van der Waals surface area contributed by atoms with Crippen LogP contribution in [0.1, 0.15) is 11.3 Å². The zero-order valence-corrected chi connectivity index (χ0v) is 14.8. The van der Waals surface area contributed by atoms with Crippen molar-refractivity contribution in [3.63, 3.8) is 0 Å². The summed E-state index contributed by atoms with van der Waals surface area (Å²) in [5.41, 5.74) is 3.56. The number of nitrogens with one attached hydrogen (secondary N) is 1. The van der Waals surface area contributed by atoms with Crippen molar-refractivity contribution in [1.82, 2.24) is 5.43 Å². The van der Waals surface area contributed by atoms with Gasteiger partial charge in [0, 0.05) is 29.8 Å². The first kappa shape index (κ1) is 19.4. The molecule has 1 heterocycles. The SMILES string of the molecule is O=C(Cc1ccc([N+](=O)[O-])cc1)N/N=C\c1ccc(-c2ccc([N+](=O)[O-])cc2)o1. The summed E-state index contributed by atoms with van der Waals surface area (Å²) in [7, 11) is 0. The van der Waals surface area contributed by atoms with Crippen LogP contribution in [0, 0.1) is 20.2 Å². The Balaban J connectivity index is 1.56.